The van der Waals surface area contributed by atoms with Gasteiger partial charge in [-0.25, -0.2) is 4.79 Å². The first-order chi connectivity index (χ1) is 11.0. The molecule has 5 nitrogen and oxygen atoms in total. The molecule has 0 fully saturated rings. The molecule has 5 heteroatoms. The topological polar surface area (TPSA) is 83.8 Å². The van der Waals surface area contributed by atoms with E-state index >= 15 is 0 Å². The Bertz CT molecular complexity index is 493. The predicted octanol–water partition coefficient (Wildman–Crippen LogP) is 4.05. The normalized spacial score (nSPS) is 11.9. The van der Waals surface area contributed by atoms with Gasteiger partial charge in [-0.05, 0) is 24.5 Å². The SMILES string of the molecule is CCCCC(CC)C(=O)O.COC(=Cc1ccccc1)C(=O)O. The average Bonchev–Trinajstić information content (AvgIpc) is 2.54. The van der Waals surface area contributed by atoms with E-state index in [4.69, 9.17) is 10.2 Å². The number of carboxylic acids is 2. The molecule has 1 atom stereocenters. The molecule has 1 aromatic rings. The fraction of sp³-hybridized carbons (Fsp3) is 0.444. The Labute approximate surface area is 137 Å². The van der Waals surface area contributed by atoms with Gasteiger partial charge >= 0.3 is 11.9 Å². The lowest BCUT2D eigenvalue weighted by Crippen LogP contribution is -2.11. The Balaban J connectivity index is 0.000000438. The van der Waals surface area contributed by atoms with Crippen LogP contribution in [-0.4, -0.2) is 29.3 Å². The van der Waals surface area contributed by atoms with Crippen LogP contribution in [0.4, 0.5) is 0 Å². The van der Waals surface area contributed by atoms with Crippen molar-refractivity contribution in [1.29, 1.82) is 0 Å². The third-order valence-corrected chi connectivity index (χ3v) is 3.28. The van der Waals surface area contributed by atoms with Crippen molar-refractivity contribution in [3.05, 3.63) is 41.7 Å². The largest absolute Gasteiger partial charge is 0.490 e. The van der Waals surface area contributed by atoms with Crippen molar-refractivity contribution >= 4 is 18.0 Å². The zero-order valence-corrected chi connectivity index (χ0v) is 14.0. The number of hydrogen-bond acceptors (Lipinski definition) is 3. The van der Waals surface area contributed by atoms with E-state index in [1.54, 1.807) is 0 Å². The number of aliphatic carboxylic acids is 2. The molecule has 0 saturated carbocycles. The molecule has 0 aliphatic rings. The smallest absolute Gasteiger partial charge is 0.371 e. The van der Waals surface area contributed by atoms with Gasteiger partial charge in [0, 0.05) is 0 Å². The van der Waals surface area contributed by atoms with Crippen molar-refractivity contribution in [2.75, 3.05) is 7.11 Å². The zero-order valence-electron chi connectivity index (χ0n) is 14.0. The van der Waals surface area contributed by atoms with Crippen molar-refractivity contribution in [2.24, 2.45) is 5.92 Å². The van der Waals surface area contributed by atoms with Gasteiger partial charge in [0.2, 0.25) is 5.76 Å². The number of benzene rings is 1. The van der Waals surface area contributed by atoms with Crippen LogP contribution in [-0.2, 0) is 14.3 Å². The molecule has 2 N–H and O–H groups in total. The first-order valence-electron chi connectivity index (χ1n) is 7.73. The Morgan fingerprint density at radius 2 is 1.78 bits per heavy atom. The minimum Gasteiger partial charge on any atom is -0.490 e. The van der Waals surface area contributed by atoms with E-state index in [0.29, 0.717) is 0 Å². The monoisotopic (exact) mass is 322 g/mol. The zero-order chi connectivity index (χ0) is 17.7. The second-order valence-corrected chi connectivity index (χ2v) is 5.01. The first-order valence-corrected chi connectivity index (χ1v) is 7.73. The van der Waals surface area contributed by atoms with E-state index in [2.05, 4.69) is 11.7 Å². The molecule has 0 aromatic heterocycles. The lowest BCUT2D eigenvalue weighted by atomic mass is 10.00. The first kappa shape index (κ1) is 20.7. The molecule has 128 valence electrons. The van der Waals surface area contributed by atoms with Crippen LogP contribution in [0.25, 0.3) is 6.08 Å². The summed E-state index contributed by atoms with van der Waals surface area (Å²) in [5.74, 6) is -1.88. The fourth-order valence-electron chi connectivity index (χ4n) is 1.86. The van der Waals surface area contributed by atoms with Gasteiger partial charge in [0.25, 0.3) is 0 Å². The predicted molar refractivity (Wildman–Crippen MR) is 90.0 cm³/mol. The molecule has 1 unspecified atom stereocenters. The molecule has 0 spiro atoms. The highest BCUT2D eigenvalue weighted by atomic mass is 16.5. The quantitative estimate of drug-likeness (QED) is 0.557. The summed E-state index contributed by atoms with van der Waals surface area (Å²) in [5.41, 5.74) is 0.807. The van der Waals surface area contributed by atoms with Crippen molar-refractivity contribution in [1.82, 2.24) is 0 Å². The van der Waals surface area contributed by atoms with Crippen LogP contribution in [0.2, 0.25) is 0 Å². The van der Waals surface area contributed by atoms with Crippen LogP contribution in [0.1, 0.15) is 45.1 Å². The van der Waals surface area contributed by atoms with Gasteiger partial charge in [-0.2, -0.15) is 0 Å². The van der Waals surface area contributed by atoms with E-state index in [9.17, 15) is 9.59 Å². The lowest BCUT2D eigenvalue weighted by molar-refractivity contribution is -0.142. The van der Waals surface area contributed by atoms with Crippen LogP contribution in [0.3, 0.4) is 0 Å². The summed E-state index contributed by atoms with van der Waals surface area (Å²) in [6, 6.07) is 9.15. The Kier molecular flexibility index (Phi) is 11.0. The van der Waals surface area contributed by atoms with Gasteiger partial charge in [0.05, 0.1) is 13.0 Å². The molecular weight excluding hydrogens is 296 g/mol. The van der Waals surface area contributed by atoms with Gasteiger partial charge in [-0.3, -0.25) is 4.79 Å². The molecule has 1 rings (SSSR count). The Morgan fingerprint density at radius 3 is 2.17 bits per heavy atom. The second-order valence-electron chi connectivity index (χ2n) is 5.01. The molecule has 0 radical (unpaired) electrons. The van der Waals surface area contributed by atoms with Crippen molar-refractivity contribution in [2.45, 2.75) is 39.5 Å². The maximum Gasteiger partial charge on any atom is 0.371 e. The molecule has 0 heterocycles. The van der Waals surface area contributed by atoms with Crippen LogP contribution >= 0.6 is 0 Å². The third kappa shape index (κ3) is 9.34. The summed E-state index contributed by atoms with van der Waals surface area (Å²) in [6.07, 6.45) is 5.19. The van der Waals surface area contributed by atoms with Crippen LogP contribution in [0.15, 0.2) is 36.1 Å². The summed E-state index contributed by atoms with van der Waals surface area (Å²) >= 11 is 0. The Morgan fingerprint density at radius 1 is 1.17 bits per heavy atom. The molecule has 1 aromatic carbocycles. The summed E-state index contributed by atoms with van der Waals surface area (Å²) < 4.78 is 4.68. The number of unbranched alkanes of at least 4 members (excludes halogenated alkanes) is 1. The molecule has 0 aliphatic carbocycles. The van der Waals surface area contributed by atoms with Crippen LogP contribution in [0, 0.1) is 5.92 Å². The number of carbonyl (C=O) groups is 2. The minimum absolute atomic E-state index is 0.0637. The van der Waals surface area contributed by atoms with E-state index in [-0.39, 0.29) is 11.7 Å². The fourth-order valence-corrected chi connectivity index (χ4v) is 1.86. The highest BCUT2D eigenvalue weighted by molar-refractivity contribution is 5.89. The summed E-state index contributed by atoms with van der Waals surface area (Å²) in [7, 11) is 1.34. The summed E-state index contributed by atoms with van der Waals surface area (Å²) in [4.78, 5) is 21.0. The number of hydrogen-bond donors (Lipinski definition) is 2. The van der Waals surface area contributed by atoms with Gasteiger partial charge < -0.3 is 14.9 Å². The molecule has 0 saturated heterocycles. The highest BCUT2D eigenvalue weighted by Gasteiger charge is 2.12. The maximum atomic E-state index is 10.5. The van der Waals surface area contributed by atoms with Gasteiger partial charge in [-0.1, -0.05) is 57.0 Å². The van der Waals surface area contributed by atoms with Crippen LogP contribution < -0.4 is 0 Å². The number of methoxy groups -OCH3 is 1. The molecule has 0 amide bonds. The average molecular weight is 322 g/mol. The van der Waals surface area contributed by atoms with E-state index < -0.39 is 11.9 Å². The third-order valence-electron chi connectivity index (χ3n) is 3.28. The molecular formula is C18H26O5. The molecule has 0 aliphatic heterocycles. The van der Waals surface area contributed by atoms with E-state index in [1.165, 1.54) is 13.2 Å². The summed E-state index contributed by atoms with van der Waals surface area (Å²) in [5, 5.41) is 17.2. The minimum atomic E-state index is -1.06. The second kappa shape index (κ2) is 12.3. The lowest BCUT2D eigenvalue weighted by Gasteiger charge is -2.06. The summed E-state index contributed by atoms with van der Waals surface area (Å²) in [6.45, 7) is 4.00. The molecule has 0 bridgehead atoms. The van der Waals surface area contributed by atoms with E-state index in [1.807, 2.05) is 37.3 Å². The van der Waals surface area contributed by atoms with Gasteiger partial charge in [-0.15, -0.1) is 0 Å². The van der Waals surface area contributed by atoms with Crippen molar-refractivity contribution < 1.29 is 24.5 Å². The van der Waals surface area contributed by atoms with Crippen LogP contribution in [0.5, 0.6) is 0 Å². The standard InChI is InChI=1S/C10H10O3.C8H16O2/c1-13-9(10(11)12)7-8-5-3-2-4-6-8;1-3-5-6-7(4-2)8(9)10/h2-7H,1H3,(H,11,12);7H,3-6H2,1-2H3,(H,9,10). The highest BCUT2D eigenvalue weighted by Crippen LogP contribution is 2.11. The van der Waals surface area contributed by atoms with Gasteiger partial charge in [0.1, 0.15) is 0 Å². The Hall–Kier alpha value is -2.30. The maximum absolute atomic E-state index is 10.5. The number of carboxylic acid groups (broad SMARTS) is 2. The number of rotatable bonds is 8. The number of ether oxygens (including phenoxy) is 1. The van der Waals surface area contributed by atoms with E-state index in [0.717, 1.165) is 31.2 Å². The van der Waals surface area contributed by atoms with Gasteiger partial charge in [0.15, 0.2) is 0 Å². The molecule has 23 heavy (non-hydrogen) atoms. The van der Waals surface area contributed by atoms with Crippen molar-refractivity contribution in [3.63, 3.8) is 0 Å². The van der Waals surface area contributed by atoms with Crippen molar-refractivity contribution in [3.8, 4) is 0 Å².